The molecule has 18 heteroatoms. The molecule has 1 rings (SSSR count). The standard InChI is InChI=1S/C13H8F17I/c14-6(15,4-2-1-3-5(4)31)7(16,17)8(18,19)9(20,21)10(22,23)11(24,25)12(26,27)13(28,29)30/h4-5H,1-3H2. The minimum Gasteiger partial charge on any atom is -0.199 e. The van der Waals surface area contributed by atoms with E-state index in [4.69, 9.17) is 0 Å². The van der Waals surface area contributed by atoms with E-state index in [0.717, 1.165) is 22.6 Å². The highest BCUT2D eigenvalue weighted by Gasteiger charge is 2.95. The molecule has 1 aliphatic rings. The lowest BCUT2D eigenvalue weighted by Gasteiger charge is -2.44. The molecule has 0 aromatic heterocycles. The summed E-state index contributed by atoms with van der Waals surface area (Å²) in [6.45, 7) is 0. The monoisotopic (exact) mass is 614 g/mol. The molecular weight excluding hydrogens is 606 g/mol. The average Bonchev–Trinajstić information content (AvgIpc) is 2.99. The Labute approximate surface area is 174 Å². The van der Waals surface area contributed by atoms with Gasteiger partial charge in [0, 0.05) is 9.84 Å². The van der Waals surface area contributed by atoms with Gasteiger partial charge in [0.2, 0.25) is 0 Å². The van der Waals surface area contributed by atoms with Gasteiger partial charge in [-0.1, -0.05) is 29.0 Å². The zero-order valence-corrected chi connectivity index (χ0v) is 16.2. The highest BCUT2D eigenvalue weighted by molar-refractivity contribution is 14.1. The predicted molar refractivity (Wildman–Crippen MR) is 75.8 cm³/mol. The van der Waals surface area contributed by atoms with E-state index < -0.39 is 63.9 Å². The minimum absolute atomic E-state index is 0.335. The molecule has 0 bridgehead atoms. The Kier molecular flexibility index (Phi) is 6.94. The Hall–Kier alpha value is -0.460. The molecule has 0 aromatic carbocycles. The van der Waals surface area contributed by atoms with Gasteiger partial charge >= 0.3 is 47.6 Å². The van der Waals surface area contributed by atoms with Gasteiger partial charge in [0.1, 0.15) is 0 Å². The number of hydrogen-bond acceptors (Lipinski definition) is 0. The summed E-state index contributed by atoms with van der Waals surface area (Å²) in [5.41, 5.74) is 0. The Morgan fingerprint density at radius 1 is 0.452 bits per heavy atom. The Balaban J connectivity index is 3.61. The van der Waals surface area contributed by atoms with Gasteiger partial charge in [0.15, 0.2) is 0 Å². The molecule has 1 fully saturated rings. The third-order valence-electron chi connectivity index (χ3n) is 4.64. The van der Waals surface area contributed by atoms with E-state index in [2.05, 4.69) is 0 Å². The van der Waals surface area contributed by atoms with Crippen molar-refractivity contribution in [2.75, 3.05) is 0 Å². The van der Waals surface area contributed by atoms with E-state index in [-0.39, 0.29) is 12.8 Å². The molecular formula is C13H8F17I. The second-order valence-corrected chi connectivity index (χ2v) is 8.22. The zero-order valence-electron chi connectivity index (χ0n) is 14.1. The first kappa shape index (κ1) is 28.6. The van der Waals surface area contributed by atoms with Crippen LogP contribution < -0.4 is 0 Å². The molecule has 1 aliphatic carbocycles. The number of alkyl halides is 18. The molecule has 0 radical (unpaired) electrons. The van der Waals surface area contributed by atoms with Gasteiger partial charge in [-0.25, -0.2) is 0 Å². The summed E-state index contributed by atoms with van der Waals surface area (Å²) in [4.78, 5) is 0. The van der Waals surface area contributed by atoms with Crippen LogP contribution in [0.15, 0.2) is 0 Å². The summed E-state index contributed by atoms with van der Waals surface area (Å²) in [5, 5.41) is 0. The van der Waals surface area contributed by atoms with Gasteiger partial charge in [-0.3, -0.25) is 0 Å². The van der Waals surface area contributed by atoms with Gasteiger partial charge in [0.05, 0.1) is 0 Å². The van der Waals surface area contributed by atoms with Crippen LogP contribution in [0.3, 0.4) is 0 Å². The quantitative estimate of drug-likeness (QED) is 0.158. The summed E-state index contributed by atoms with van der Waals surface area (Å²) in [7, 11) is 0. The van der Waals surface area contributed by atoms with Crippen LogP contribution in [-0.4, -0.2) is 51.6 Å². The molecule has 0 N–H and O–H groups in total. The second-order valence-electron chi connectivity index (χ2n) is 6.62. The number of halogens is 18. The highest BCUT2D eigenvalue weighted by atomic mass is 127. The molecule has 31 heavy (non-hydrogen) atoms. The van der Waals surface area contributed by atoms with Crippen LogP contribution in [0.4, 0.5) is 74.6 Å². The normalized spacial score (nSPS) is 23.4. The van der Waals surface area contributed by atoms with Crippen molar-refractivity contribution in [1.29, 1.82) is 0 Å². The van der Waals surface area contributed by atoms with Gasteiger partial charge < -0.3 is 0 Å². The fourth-order valence-electron chi connectivity index (χ4n) is 2.73. The maximum absolute atomic E-state index is 14.0. The van der Waals surface area contributed by atoms with Gasteiger partial charge in [0.25, 0.3) is 0 Å². The summed E-state index contributed by atoms with van der Waals surface area (Å²) in [6, 6.07) is 0. The first-order valence-corrected chi connectivity index (χ1v) is 8.87. The maximum atomic E-state index is 14.0. The SMILES string of the molecule is FC(F)(F)C(F)(F)C(F)(F)C(F)(F)C(F)(F)C(F)(F)C(F)(F)C(F)(F)C1CCCC1I. The van der Waals surface area contributed by atoms with Crippen LogP contribution in [0.1, 0.15) is 19.3 Å². The van der Waals surface area contributed by atoms with Gasteiger partial charge in [-0.05, 0) is 12.8 Å². The fourth-order valence-corrected chi connectivity index (χ4v) is 3.98. The van der Waals surface area contributed by atoms with Crippen molar-refractivity contribution in [3.05, 3.63) is 0 Å². The van der Waals surface area contributed by atoms with Crippen LogP contribution in [0, 0.1) is 5.92 Å². The van der Waals surface area contributed by atoms with Crippen molar-refractivity contribution >= 4 is 22.6 Å². The van der Waals surface area contributed by atoms with Gasteiger partial charge in [-0.15, -0.1) is 0 Å². The zero-order chi connectivity index (χ0) is 25.3. The van der Waals surface area contributed by atoms with E-state index >= 15 is 0 Å². The second kappa shape index (κ2) is 7.53. The van der Waals surface area contributed by atoms with Crippen LogP contribution in [-0.2, 0) is 0 Å². The summed E-state index contributed by atoms with van der Waals surface area (Å²) >= 11 is 1.02. The van der Waals surface area contributed by atoms with Crippen molar-refractivity contribution in [1.82, 2.24) is 0 Å². The van der Waals surface area contributed by atoms with Crippen molar-refractivity contribution < 1.29 is 74.6 Å². The first-order chi connectivity index (χ1) is 13.3. The van der Waals surface area contributed by atoms with E-state index in [0.29, 0.717) is 0 Å². The molecule has 0 spiro atoms. The first-order valence-electron chi connectivity index (χ1n) is 7.62. The Bertz CT molecular complexity index is 663. The smallest absolute Gasteiger partial charge is 0.199 e. The fraction of sp³-hybridized carbons (Fsp3) is 1.00. The topological polar surface area (TPSA) is 0 Å². The van der Waals surface area contributed by atoms with Crippen LogP contribution in [0.25, 0.3) is 0 Å². The molecule has 2 atom stereocenters. The van der Waals surface area contributed by atoms with Crippen LogP contribution in [0.5, 0.6) is 0 Å². The molecule has 0 aromatic rings. The van der Waals surface area contributed by atoms with Gasteiger partial charge in [-0.2, -0.15) is 74.6 Å². The highest BCUT2D eigenvalue weighted by Crippen LogP contribution is 2.65. The molecule has 1 saturated carbocycles. The van der Waals surface area contributed by atoms with E-state index in [9.17, 15) is 74.6 Å². The van der Waals surface area contributed by atoms with Crippen molar-refractivity contribution in [3.63, 3.8) is 0 Å². The largest absolute Gasteiger partial charge is 0.460 e. The number of rotatable bonds is 7. The lowest BCUT2D eigenvalue weighted by atomic mass is 9.84. The maximum Gasteiger partial charge on any atom is 0.460 e. The lowest BCUT2D eigenvalue weighted by Crippen LogP contribution is -2.75. The van der Waals surface area contributed by atoms with Crippen LogP contribution >= 0.6 is 22.6 Å². The Morgan fingerprint density at radius 3 is 1.06 bits per heavy atom. The Morgan fingerprint density at radius 2 is 0.774 bits per heavy atom. The summed E-state index contributed by atoms with van der Waals surface area (Å²) in [5.74, 6) is -58.5. The van der Waals surface area contributed by atoms with E-state index in [1.54, 1.807) is 0 Å². The summed E-state index contributed by atoms with van der Waals surface area (Å²) in [6.07, 6.45) is -9.44. The van der Waals surface area contributed by atoms with Crippen molar-refractivity contribution in [2.45, 2.75) is 70.8 Å². The minimum atomic E-state index is -8.57. The molecule has 0 saturated heterocycles. The van der Waals surface area contributed by atoms with Crippen molar-refractivity contribution in [2.24, 2.45) is 5.92 Å². The molecule has 0 nitrogen and oxygen atoms in total. The molecule has 186 valence electrons. The molecule has 0 heterocycles. The van der Waals surface area contributed by atoms with E-state index in [1.165, 1.54) is 0 Å². The van der Waals surface area contributed by atoms with E-state index in [1.807, 2.05) is 0 Å². The third-order valence-corrected chi connectivity index (χ3v) is 6.13. The molecule has 0 aliphatic heterocycles. The van der Waals surface area contributed by atoms with Crippen LogP contribution in [0.2, 0.25) is 0 Å². The lowest BCUT2D eigenvalue weighted by molar-refractivity contribution is -0.463. The predicted octanol–water partition coefficient (Wildman–Crippen LogP) is 7.60. The molecule has 2 unspecified atom stereocenters. The third kappa shape index (κ3) is 3.63. The van der Waals surface area contributed by atoms with Crippen molar-refractivity contribution in [3.8, 4) is 0 Å². The average molecular weight is 614 g/mol. The molecule has 0 amide bonds. The number of hydrogen-bond donors (Lipinski definition) is 0. The summed E-state index contributed by atoms with van der Waals surface area (Å²) < 4.78 is 222.